The Morgan fingerprint density at radius 1 is 0.292 bits per heavy atom. The molecule has 10 aromatic rings. The third-order valence-corrected chi connectivity index (χ3v) is 9.90. The summed E-state index contributed by atoms with van der Waals surface area (Å²) in [6.45, 7) is 0. The van der Waals surface area contributed by atoms with Gasteiger partial charge >= 0.3 is 0 Å². The van der Waals surface area contributed by atoms with Crippen molar-refractivity contribution in [3.05, 3.63) is 182 Å². The molecule has 2 heteroatoms. The number of aromatic nitrogens is 2. The summed E-state index contributed by atoms with van der Waals surface area (Å²) < 4.78 is 4.92. The van der Waals surface area contributed by atoms with Crippen LogP contribution in [0.4, 0.5) is 0 Å². The van der Waals surface area contributed by atoms with Crippen LogP contribution >= 0.6 is 0 Å². The molecule has 0 unspecified atom stereocenters. The zero-order valence-corrected chi connectivity index (χ0v) is 26.2. The molecule has 0 fully saturated rings. The first-order chi connectivity index (χ1) is 23.8. The van der Waals surface area contributed by atoms with Gasteiger partial charge in [-0.1, -0.05) is 140 Å². The molecule has 0 saturated heterocycles. The van der Waals surface area contributed by atoms with Gasteiger partial charge in [0, 0.05) is 38.3 Å². The molecule has 2 nitrogen and oxygen atoms in total. The van der Waals surface area contributed by atoms with Crippen LogP contribution < -0.4 is 0 Å². The van der Waals surface area contributed by atoms with Crippen molar-refractivity contribution in [1.29, 1.82) is 0 Å². The van der Waals surface area contributed by atoms with E-state index in [1.165, 1.54) is 76.6 Å². The molecular weight excluding hydrogens is 581 g/mol. The number of hydrogen-bond acceptors (Lipinski definition) is 0. The maximum absolute atomic E-state index is 2.49. The lowest BCUT2D eigenvalue weighted by atomic mass is 10.0. The Labute approximate surface area is 278 Å². The predicted molar refractivity (Wildman–Crippen MR) is 203 cm³/mol. The van der Waals surface area contributed by atoms with Crippen LogP contribution in [0.2, 0.25) is 0 Å². The van der Waals surface area contributed by atoms with Gasteiger partial charge in [-0.15, -0.1) is 0 Å². The molecule has 0 aliphatic rings. The molecular formula is C46H30N2. The molecule has 0 saturated carbocycles. The van der Waals surface area contributed by atoms with E-state index in [1.54, 1.807) is 0 Å². The van der Waals surface area contributed by atoms with Gasteiger partial charge in [0.15, 0.2) is 0 Å². The molecule has 0 atom stereocenters. The minimum Gasteiger partial charge on any atom is -0.309 e. The highest BCUT2D eigenvalue weighted by Gasteiger charge is 2.22. The zero-order valence-electron chi connectivity index (χ0n) is 26.2. The van der Waals surface area contributed by atoms with Gasteiger partial charge in [-0.3, -0.25) is 0 Å². The van der Waals surface area contributed by atoms with E-state index in [1.807, 2.05) is 0 Å². The van der Waals surface area contributed by atoms with Gasteiger partial charge in [0.05, 0.1) is 22.1 Å². The highest BCUT2D eigenvalue weighted by atomic mass is 15.0. The lowest BCUT2D eigenvalue weighted by Crippen LogP contribution is -1.96. The second-order valence-electron chi connectivity index (χ2n) is 12.6. The van der Waals surface area contributed by atoms with Crippen molar-refractivity contribution in [2.45, 2.75) is 0 Å². The summed E-state index contributed by atoms with van der Waals surface area (Å²) in [5.41, 5.74) is 12.1. The lowest BCUT2D eigenvalue weighted by molar-refractivity contribution is 1.17. The fraction of sp³-hybridized carbons (Fsp3) is 0. The highest BCUT2D eigenvalue weighted by molar-refractivity contribution is 6.31. The second kappa shape index (κ2) is 10.6. The number of fused-ring (bicyclic) bond motifs is 9. The minimum absolute atomic E-state index is 1.16. The molecule has 0 amide bonds. The third-order valence-electron chi connectivity index (χ3n) is 9.90. The number of hydrogen-bond donors (Lipinski definition) is 0. The van der Waals surface area contributed by atoms with E-state index in [-0.39, 0.29) is 0 Å². The summed E-state index contributed by atoms with van der Waals surface area (Å²) >= 11 is 0. The first-order valence-electron chi connectivity index (χ1n) is 16.5. The fourth-order valence-corrected chi connectivity index (χ4v) is 7.76. The van der Waals surface area contributed by atoms with E-state index >= 15 is 0 Å². The summed E-state index contributed by atoms with van der Waals surface area (Å²) in [5.74, 6) is 0. The van der Waals surface area contributed by atoms with Crippen LogP contribution in [0.1, 0.15) is 0 Å². The predicted octanol–water partition coefficient (Wildman–Crippen LogP) is 12.4. The SMILES string of the molecule is c1ccc(-c2ccc(-n3c4ccccc4c4c5c6ccc7ccccc7c6n(-c6cccc(-c7ccccc7)c6)c5ccc43)cc2)cc1. The van der Waals surface area contributed by atoms with Crippen molar-refractivity contribution in [2.75, 3.05) is 0 Å². The number of rotatable bonds is 4. The van der Waals surface area contributed by atoms with Crippen LogP contribution in [0.5, 0.6) is 0 Å². The number of para-hydroxylation sites is 1. The second-order valence-corrected chi connectivity index (χ2v) is 12.6. The normalized spacial score (nSPS) is 11.8. The molecule has 0 radical (unpaired) electrons. The lowest BCUT2D eigenvalue weighted by Gasteiger charge is -2.12. The Balaban J connectivity index is 1.30. The van der Waals surface area contributed by atoms with Crippen LogP contribution in [0.3, 0.4) is 0 Å². The molecule has 48 heavy (non-hydrogen) atoms. The molecule has 0 N–H and O–H groups in total. The Hall–Kier alpha value is -6.38. The van der Waals surface area contributed by atoms with Gasteiger partial charge in [-0.25, -0.2) is 0 Å². The first-order valence-corrected chi connectivity index (χ1v) is 16.5. The summed E-state index contributed by atoms with van der Waals surface area (Å²) in [6.07, 6.45) is 0. The summed E-state index contributed by atoms with van der Waals surface area (Å²) in [7, 11) is 0. The van der Waals surface area contributed by atoms with Crippen molar-refractivity contribution >= 4 is 54.4 Å². The molecule has 2 heterocycles. The van der Waals surface area contributed by atoms with Gasteiger partial charge < -0.3 is 9.13 Å². The smallest absolute Gasteiger partial charge is 0.0619 e. The molecule has 0 bridgehead atoms. The monoisotopic (exact) mass is 610 g/mol. The molecule has 0 aliphatic heterocycles. The molecule has 0 spiro atoms. The summed E-state index contributed by atoms with van der Waals surface area (Å²) in [5, 5.41) is 7.59. The zero-order chi connectivity index (χ0) is 31.6. The standard InChI is InChI=1S/C46H30N2/c1-3-12-31(13-4-1)33-22-25-36(26-23-33)47-41-21-10-9-20-39(41)44-42(47)28-29-43-45(44)40-27-24-34-16-7-8-19-38(34)46(40)48(43)37-18-11-17-35(30-37)32-14-5-2-6-15-32/h1-30H. The maximum Gasteiger partial charge on any atom is 0.0619 e. The van der Waals surface area contributed by atoms with Gasteiger partial charge in [0.2, 0.25) is 0 Å². The van der Waals surface area contributed by atoms with E-state index in [0.29, 0.717) is 0 Å². The van der Waals surface area contributed by atoms with Crippen LogP contribution in [0.15, 0.2) is 182 Å². The maximum atomic E-state index is 2.49. The quantitative estimate of drug-likeness (QED) is 0.188. The largest absolute Gasteiger partial charge is 0.309 e. The van der Waals surface area contributed by atoms with Crippen LogP contribution in [0, 0.1) is 0 Å². The van der Waals surface area contributed by atoms with Crippen molar-refractivity contribution in [3.8, 4) is 33.6 Å². The molecule has 8 aromatic carbocycles. The van der Waals surface area contributed by atoms with Crippen LogP contribution in [-0.4, -0.2) is 9.13 Å². The Morgan fingerprint density at radius 3 is 1.65 bits per heavy atom. The van der Waals surface area contributed by atoms with Crippen molar-refractivity contribution < 1.29 is 0 Å². The van der Waals surface area contributed by atoms with E-state index in [2.05, 4.69) is 191 Å². The van der Waals surface area contributed by atoms with Crippen molar-refractivity contribution in [3.63, 3.8) is 0 Å². The van der Waals surface area contributed by atoms with Crippen LogP contribution in [0.25, 0.3) is 88.0 Å². The summed E-state index contributed by atoms with van der Waals surface area (Å²) in [6, 6.07) is 66.1. The highest BCUT2D eigenvalue weighted by Crippen LogP contribution is 2.44. The topological polar surface area (TPSA) is 9.86 Å². The Morgan fingerprint density at radius 2 is 0.875 bits per heavy atom. The number of benzene rings is 8. The van der Waals surface area contributed by atoms with E-state index in [9.17, 15) is 0 Å². The van der Waals surface area contributed by atoms with Gasteiger partial charge in [-0.2, -0.15) is 0 Å². The first kappa shape index (κ1) is 26.8. The Bertz CT molecular complexity index is 2800. The molecule has 224 valence electrons. The molecule has 0 aliphatic carbocycles. The number of nitrogens with zero attached hydrogens (tertiary/aromatic N) is 2. The Kier molecular flexibility index (Phi) is 5.91. The molecule has 10 rings (SSSR count). The van der Waals surface area contributed by atoms with E-state index in [0.717, 1.165) is 11.4 Å². The average Bonchev–Trinajstić information content (AvgIpc) is 3.69. The third kappa shape index (κ3) is 4.00. The van der Waals surface area contributed by atoms with E-state index < -0.39 is 0 Å². The van der Waals surface area contributed by atoms with Gasteiger partial charge in [-0.05, 0) is 70.1 Å². The molecule has 2 aromatic heterocycles. The fourth-order valence-electron chi connectivity index (χ4n) is 7.76. The van der Waals surface area contributed by atoms with Crippen molar-refractivity contribution in [1.82, 2.24) is 9.13 Å². The van der Waals surface area contributed by atoms with Crippen LogP contribution in [-0.2, 0) is 0 Å². The van der Waals surface area contributed by atoms with E-state index in [4.69, 9.17) is 0 Å². The minimum atomic E-state index is 1.16. The van der Waals surface area contributed by atoms with Gasteiger partial charge in [0.1, 0.15) is 0 Å². The average molecular weight is 611 g/mol. The summed E-state index contributed by atoms with van der Waals surface area (Å²) in [4.78, 5) is 0. The van der Waals surface area contributed by atoms with Gasteiger partial charge in [0.25, 0.3) is 0 Å². The van der Waals surface area contributed by atoms with Crippen molar-refractivity contribution in [2.24, 2.45) is 0 Å².